The number of fused-ring (bicyclic) bond motifs is 1. The molecule has 2 aliphatic rings. The quantitative estimate of drug-likeness (QED) is 0.718. The van der Waals surface area contributed by atoms with Gasteiger partial charge in [-0.1, -0.05) is 24.4 Å². The molecular formula is C13H18ClN3. The second-order valence-electron chi connectivity index (χ2n) is 5.19. The van der Waals surface area contributed by atoms with Gasteiger partial charge in [-0.2, -0.15) is 0 Å². The molecule has 2 unspecified atom stereocenters. The molecule has 2 fully saturated rings. The molecule has 1 aliphatic carbocycles. The number of aromatic nitrogens is 2. The third-order valence-electron chi connectivity index (χ3n) is 4.10. The van der Waals surface area contributed by atoms with Crippen LogP contribution in [0.4, 0.5) is 5.82 Å². The van der Waals surface area contributed by atoms with E-state index in [4.69, 9.17) is 11.6 Å². The first-order valence-corrected chi connectivity index (χ1v) is 6.89. The number of hydrogen-bond donors (Lipinski definition) is 0. The van der Waals surface area contributed by atoms with Crippen LogP contribution in [0.25, 0.3) is 0 Å². The normalized spacial score (nSPS) is 28.2. The lowest BCUT2D eigenvalue weighted by molar-refractivity contribution is 0.341. The zero-order chi connectivity index (χ0) is 11.8. The fourth-order valence-corrected chi connectivity index (χ4v) is 3.57. The van der Waals surface area contributed by atoms with Gasteiger partial charge in [-0.05, 0) is 32.1 Å². The van der Waals surface area contributed by atoms with Gasteiger partial charge >= 0.3 is 0 Å². The van der Waals surface area contributed by atoms with Crippen molar-refractivity contribution in [2.24, 2.45) is 5.92 Å². The summed E-state index contributed by atoms with van der Waals surface area (Å²) in [6, 6.07) is 2.60. The zero-order valence-corrected chi connectivity index (χ0v) is 11.0. The summed E-state index contributed by atoms with van der Waals surface area (Å²) in [5.41, 5.74) is 0. The van der Waals surface area contributed by atoms with E-state index in [9.17, 15) is 0 Å². The Kier molecular flexibility index (Phi) is 2.95. The van der Waals surface area contributed by atoms with Crippen LogP contribution in [0.2, 0.25) is 5.15 Å². The molecule has 1 saturated carbocycles. The van der Waals surface area contributed by atoms with E-state index < -0.39 is 0 Å². The van der Waals surface area contributed by atoms with Crippen LogP contribution in [0.1, 0.15) is 37.9 Å². The molecule has 3 nitrogen and oxygen atoms in total. The molecule has 1 aromatic rings. The van der Waals surface area contributed by atoms with Crippen LogP contribution in [0.5, 0.6) is 0 Å². The van der Waals surface area contributed by atoms with Gasteiger partial charge in [0, 0.05) is 18.7 Å². The molecule has 2 heterocycles. The fourth-order valence-electron chi connectivity index (χ4n) is 3.35. The molecule has 1 saturated heterocycles. The molecular weight excluding hydrogens is 234 g/mol. The maximum absolute atomic E-state index is 6.03. The van der Waals surface area contributed by atoms with Gasteiger partial charge in [-0.15, -0.1) is 0 Å². The van der Waals surface area contributed by atoms with E-state index in [1.807, 2.05) is 13.0 Å². The van der Waals surface area contributed by atoms with Gasteiger partial charge in [0.25, 0.3) is 0 Å². The van der Waals surface area contributed by atoms with Gasteiger partial charge in [0.05, 0.1) is 0 Å². The highest BCUT2D eigenvalue weighted by Gasteiger charge is 2.36. The Hall–Kier alpha value is -0.830. The smallest absolute Gasteiger partial charge is 0.134 e. The number of nitrogens with zero attached hydrogens (tertiary/aromatic N) is 3. The number of aryl methyl sites for hydroxylation is 1. The van der Waals surface area contributed by atoms with Gasteiger partial charge in [-0.25, -0.2) is 9.97 Å². The first-order chi connectivity index (χ1) is 8.24. The minimum atomic E-state index is 0.562. The molecule has 3 rings (SSSR count). The molecule has 4 heteroatoms. The maximum Gasteiger partial charge on any atom is 0.134 e. The second-order valence-corrected chi connectivity index (χ2v) is 5.58. The molecule has 92 valence electrons. The second kappa shape index (κ2) is 4.45. The summed E-state index contributed by atoms with van der Waals surface area (Å²) in [7, 11) is 0. The molecule has 0 spiro atoms. The average Bonchev–Trinajstić information content (AvgIpc) is 2.71. The topological polar surface area (TPSA) is 29.0 Å². The summed E-state index contributed by atoms with van der Waals surface area (Å²) in [5.74, 6) is 2.67. The Morgan fingerprint density at radius 2 is 2.06 bits per heavy atom. The van der Waals surface area contributed by atoms with E-state index >= 15 is 0 Å². The van der Waals surface area contributed by atoms with Gasteiger partial charge in [0.15, 0.2) is 0 Å². The van der Waals surface area contributed by atoms with Crippen LogP contribution >= 0.6 is 11.6 Å². The Morgan fingerprint density at radius 1 is 1.24 bits per heavy atom. The summed E-state index contributed by atoms with van der Waals surface area (Å²) in [4.78, 5) is 11.1. The highest BCUT2D eigenvalue weighted by molar-refractivity contribution is 6.29. The molecule has 1 aliphatic heterocycles. The molecule has 17 heavy (non-hydrogen) atoms. The van der Waals surface area contributed by atoms with E-state index in [0.29, 0.717) is 11.2 Å². The highest BCUT2D eigenvalue weighted by Crippen LogP contribution is 2.38. The van der Waals surface area contributed by atoms with Crippen LogP contribution in [-0.2, 0) is 0 Å². The molecule has 0 radical (unpaired) electrons. The van der Waals surface area contributed by atoms with Crippen LogP contribution in [0.3, 0.4) is 0 Å². The highest BCUT2D eigenvalue weighted by atomic mass is 35.5. The van der Waals surface area contributed by atoms with E-state index in [1.54, 1.807) is 0 Å². The summed E-state index contributed by atoms with van der Waals surface area (Å²) in [5, 5.41) is 0.562. The Labute approximate surface area is 107 Å². The fraction of sp³-hybridized carbons (Fsp3) is 0.692. The van der Waals surface area contributed by atoms with Crippen molar-refractivity contribution in [1.29, 1.82) is 0 Å². The molecule has 2 atom stereocenters. The number of rotatable bonds is 1. The van der Waals surface area contributed by atoms with Crippen LogP contribution in [0.15, 0.2) is 6.07 Å². The number of halogens is 1. The van der Waals surface area contributed by atoms with Crippen molar-refractivity contribution in [2.75, 3.05) is 11.4 Å². The summed E-state index contributed by atoms with van der Waals surface area (Å²) in [6.45, 7) is 3.03. The van der Waals surface area contributed by atoms with Crippen LogP contribution in [-0.4, -0.2) is 22.6 Å². The minimum absolute atomic E-state index is 0.562. The van der Waals surface area contributed by atoms with E-state index in [2.05, 4.69) is 14.9 Å². The lowest BCUT2D eigenvalue weighted by Crippen LogP contribution is -2.35. The standard InChI is InChI=1S/C13H18ClN3/c1-9-15-12(14)8-13(16-9)17-7-6-10-4-2-3-5-11(10)17/h8,10-11H,2-7H2,1H3. The average molecular weight is 252 g/mol. The predicted molar refractivity (Wildman–Crippen MR) is 69.5 cm³/mol. The minimum Gasteiger partial charge on any atom is -0.353 e. The Morgan fingerprint density at radius 3 is 2.88 bits per heavy atom. The van der Waals surface area contributed by atoms with Crippen LogP contribution in [0, 0.1) is 12.8 Å². The van der Waals surface area contributed by atoms with Gasteiger partial charge in [0.2, 0.25) is 0 Å². The lowest BCUT2D eigenvalue weighted by atomic mass is 9.85. The van der Waals surface area contributed by atoms with Crippen molar-refractivity contribution in [1.82, 2.24) is 9.97 Å². The van der Waals surface area contributed by atoms with Gasteiger partial charge in [-0.3, -0.25) is 0 Å². The predicted octanol–water partition coefficient (Wildman–Crippen LogP) is 3.21. The number of hydrogen-bond acceptors (Lipinski definition) is 3. The third kappa shape index (κ3) is 2.13. The van der Waals surface area contributed by atoms with Gasteiger partial charge in [0.1, 0.15) is 16.8 Å². The van der Waals surface area contributed by atoms with Crippen molar-refractivity contribution < 1.29 is 0 Å². The van der Waals surface area contributed by atoms with E-state index in [0.717, 1.165) is 24.1 Å². The summed E-state index contributed by atoms with van der Waals surface area (Å²) < 4.78 is 0. The van der Waals surface area contributed by atoms with Crippen molar-refractivity contribution in [3.8, 4) is 0 Å². The molecule has 1 aromatic heterocycles. The first-order valence-electron chi connectivity index (χ1n) is 6.52. The van der Waals surface area contributed by atoms with Gasteiger partial charge < -0.3 is 4.90 Å². The first kappa shape index (κ1) is 11.3. The largest absolute Gasteiger partial charge is 0.353 e. The molecule has 0 aromatic carbocycles. The number of anilines is 1. The summed E-state index contributed by atoms with van der Waals surface area (Å²) >= 11 is 6.03. The maximum atomic E-state index is 6.03. The SMILES string of the molecule is Cc1nc(Cl)cc(N2CCC3CCCCC32)n1. The molecule has 0 amide bonds. The van der Waals surface area contributed by atoms with E-state index in [1.165, 1.54) is 32.1 Å². The molecule has 0 bridgehead atoms. The third-order valence-corrected chi connectivity index (χ3v) is 4.29. The van der Waals surface area contributed by atoms with Crippen molar-refractivity contribution in [2.45, 2.75) is 45.1 Å². The summed E-state index contributed by atoms with van der Waals surface area (Å²) in [6.07, 6.45) is 6.77. The van der Waals surface area contributed by atoms with Crippen LogP contribution < -0.4 is 4.90 Å². The Balaban J connectivity index is 1.88. The van der Waals surface area contributed by atoms with Crippen molar-refractivity contribution in [3.05, 3.63) is 17.0 Å². The Bertz CT molecular complexity index is 401. The van der Waals surface area contributed by atoms with Crippen molar-refractivity contribution >= 4 is 17.4 Å². The lowest BCUT2D eigenvalue weighted by Gasteiger charge is -2.32. The zero-order valence-electron chi connectivity index (χ0n) is 10.2. The van der Waals surface area contributed by atoms with Crippen molar-refractivity contribution in [3.63, 3.8) is 0 Å². The van der Waals surface area contributed by atoms with E-state index in [-0.39, 0.29) is 0 Å². The monoisotopic (exact) mass is 251 g/mol. The molecule has 0 N–H and O–H groups in total.